The van der Waals surface area contributed by atoms with Crippen molar-refractivity contribution in [2.75, 3.05) is 14.2 Å². The van der Waals surface area contributed by atoms with Crippen molar-refractivity contribution in [1.82, 2.24) is 19.6 Å². The molecule has 0 bridgehead atoms. The van der Waals surface area contributed by atoms with Crippen LogP contribution < -0.4 is 18.9 Å². The van der Waals surface area contributed by atoms with E-state index in [9.17, 15) is 4.79 Å². The Kier molecular flexibility index (Phi) is 6.11. The number of nitrogens with zero attached hydrogens (tertiary/aromatic N) is 4. The minimum atomic E-state index is -0.471. The number of carbonyl (C=O) groups excluding carboxylic acids is 1. The van der Waals surface area contributed by atoms with Gasteiger partial charge >= 0.3 is 0 Å². The molecule has 212 valence electrons. The predicted molar refractivity (Wildman–Crippen MR) is 156 cm³/mol. The summed E-state index contributed by atoms with van der Waals surface area (Å²) in [5, 5.41) is 6.89. The quantitative estimate of drug-likeness (QED) is 0.247. The summed E-state index contributed by atoms with van der Waals surface area (Å²) in [7, 11) is 3.19. The fourth-order valence-electron chi connectivity index (χ4n) is 6.02. The van der Waals surface area contributed by atoms with E-state index in [1.165, 1.54) is 0 Å². The lowest BCUT2D eigenvalue weighted by molar-refractivity contribution is -0.118. The zero-order valence-corrected chi connectivity index (χ0v) is 23.9. The number of ether oxygens (including phenoxy) is 4. The third kappa shape index (κ3) is 4.41. The van der Waals surface area contributed by atoms with Crippen LogP contribution >= 0.6 is 0 Å². The molecule has 1 aliphatic carbocycles. The molecule has 1 atom stereocenters. The molecule has 1 aliphatic heterocycles. The Morgan fingerprint density at radius 2 is 1.79 bits per heavy atom. The summed E-state index contributed by atoms with van der Waals surface area (Å²) in [4.78, 5) is 23.2. The molecule has 0 unspecified atom stereocenters. The summed E-state index contributed by atoms with van der Waals surface area (Å²) in [6.45, 7) is 4.32. The molecule has 5 aromatic rings. The second kappa shape index (κ2) is 9.87. The molecule has 2 aromatic heterocycles. The van der Waals surface area contributed by atoms with Crippen molar-refractivity contribution in [3.63, 3.8) is 0 Å². The van der Waals surface area contributed by atoms with Crippen LogP contribution in [0.2, 0.25) is 0 Å². The van der Waals surface area contributed by atoms with Gasteiger partial charge < -0.3 is 18.9 Å². The van der Waals surface area contributed by atoms with Gasteiger partial charge in [0, 0.05) is 18.4 Å². The highest BCUT2D eigenvalue weighted by Crippen LogP contribution is 2.51. The summed E-state index contributed by atoms with van der Waals surface area (Å²) >= 11 is 0. The molecule has 0 radical (unpaired) electrons. The first-order valence-electron chi connectivity index (χ1n) is 13.9. The Hall–Kier alpha value is -4.92. The maximum atomic E-state index is 13.7. The second-order valence-corrected chi connectivity index (χ2v) is 11.5. The number of fused-ring (bicyclic) bond motifs is 4. The largest absolute Gasteiger partial charge is 0.493 e. The maximum Gasteiger partial charge on any atom is 0.228 e. The summed E-state index contributed by atoms with van der Waals surface area (Å²) in [5.41, 5.74) is 2.49. The topological polar surface area (TPSA) is 97.1 Å². The zero-order valence-electron chi connectivity index (χ0n) is 23.9. The molecule has 0 saturated heterocycles. The highest BCUT2D eigenvalue weighted by Gasteiger charge is 2.44. The molecule has 0 amide bonds. The second-order valence-electron chi connectivity index (χ2n) is 11.5. The standard InChI is InChI=1S/C33H30N4O5/c1-33(2)15-23(38)29-26(16-33)42-32-30(28(29)21-10-12-24(39-3)25(14-21)40-4)31-35-27(36-37(31)18-34-32)17-41-22-11-9-19-7-5-6-8-20(19)13-22/h5-14,18,28H,15-17H2,1-4H3/t28-/m0/s1. The van der Waals surface area contributed by atoms with Gasteiger partial charge in [0.05, 0.1) is 25.7 Å². The molecular weight excluding hydrogens is 532 g/mol. The van der Waals surface area contributed by atoms with Crippen LogP contribution in [-0.2, 0) is 11.4 Å². The van der Waals surface area contributed by atoms with Crippen LogP contribution in [0.3, 0.4) is 0 Å². The summed E-state index contributed by atoms with van der Waals surface area (Å²) in [6.07, 6.45) is 2.64. The number of hydrogen-bond donors (Lipinski definition) is 0. The minimum Gasteiger partial charge on any atom is -0.493 e. The normalized spacial score (nSPS) is 17.5. The number of hydrogen-bond acceptors (Lipinski definition) is 8. The van der Waals surface area contributed by atoms with Crippen molar-refractivity contribution in [3.8, 4) is 23.1 Å². The van der Waals surface area contributed by atoms with Gasteiger partial charge in [-0.15, -0.1) is 5.10 Å². The molecule has 9 heteroatoms. The number of Topliss-reactive ketones (excluding diaryl/α,β-unsaturated/α-hetero) is 1. The van der Waals surface area contributed by atoms with Crippen LogP contribution in [-0.4, -0.2) is 39.6 Å². The highest BCUT2D eigenvalue weighted by molar-refractivity contribution is 6.00. The van der Waals surface area contributed by atoms with Gasteiger partial charge in [0.25, 0.3) is 0 Å². The molecule has 0 N–H and O–H groups in total. The average Bonchev–Trinajstić information content (AvgIpc) is 3.41. The number of ketones is 1. The van der Waals surface area contributed by atoms with E-state index in [2.05, 4.69) is 30.0 Å². The van der Waals surface area contributed by atoms with Crippen molar-refractivity contribution in [2.45, 2.75) is 39.2 Å². The molecule has 0 fully saturated rings. The van der Waals surface area contributed by atoms with E-state index in [1.807, 2.05) is 54.6 Å². The number of aromatic nitrogens is 4. The summed E-state index contributed by atoms with van der Waals surface area (Å²) in [5.74, 6) is 3.03. The predicted octanol–water partition coefficient (Wildman–Crippen LogP) is 6.04. The third-order valence-electron chi connectivity index (χ3n) is 7.94. The van der Waals surface area contributed by atoms with Crippen LogP contribution in [0.25, 0.3) is 16.4 Å². The molecule has 3 heterocycles. The molecule has 3 aromatic carbocycles. The van der Waals surface area contributed by atoms with Gasteiger partial charge in [-0.3, -0.25) is 4.79 Å². The SMILES string of the molecule is COc1ccc([C@H]2C3=C(CC(C)(C)CC3=O)Oc3ncn4nc(COc5ccc6ccccc6c5)nc4c32)cc1OC. The van der Waals surface area contributed by atoms with Crippen LogP contribution in [0.4, 0.5) is 0 Å². The van der Waals surface area contributed by atoms with Crippen LogP contribution in [0.15, 0.2) is 78.3 Å². The van der Waals surface area contributed by atoms with Crippen molar-refractivity contribution in [3.05, 3.63) is 95.3 Å². The Bertz CT molecular complexity index is 1910. The van der Waals surface area contributed by atoms with Gasteiger partial charge in [-0.1, -0.05) is 50.2 Å². The molecule has 2 aliphatic rings. The van der Waals surface area contributed by atoms with E-state index >= 15 is 0 Å². The first kappa shape index (κ1) is 26.0. The van der Waals surface area contributed by atoms with E-state index < -0.39 is 5.92 Å². The average molecular weight is 563 g/mol. The van der Waals surface area contributed by atoms with E-state index in [1.54, 1.807) is 25.1 Å². The summed E-state index contributed by atoms with van der Waals surface area (Å²) < 4.78 is 25.2. The van der Waals surface area contributed by atoms with Gasteiger partial charge in [-0.2, -0.15) is 0 Å². The Morgan fingerprint density at radius 1 is 0.976 bits per heavy atom. The number of carbonyl (C=O) groups is 1. The van der Waals surface area contributed by atoms with Crippen LogP contribution in [0.5, 0.6) is 23.1 Å². The number of rotatable bonds is 6. The Balaban J connectivity index is 1.32. The first-order valence-corrected chi connectivity index (χ1v) is 13.9. The molecule has 42 heavy (non-hydrogen) atoms. The molecule has 9 nitrogen and oxygen atoms in total. The van der Waals surface area contributed by atoms with Gasteiger partial charge in [-0.05, 0) is 46.0 Å². The molecular formula is C33H30N4O5. The Morgan fingerprint density at radius 3 is 2.60 bits per heavy atom. The van der Waals surface area contributed by atoms with E-state index in [0.29, 0.717) is 58.6 Å². The van der Waals surface area contributed by atoms with Gasteiger partial charge in [-0.25, -0.2) is 14.5 Å². The van der Waals surface area contributed by atoms with Gasteiger partial charge in [0.15, 0.2) is 28.8 Å². The zero-order chi connectivity index (χ0) is 29.0. The monoisotopic (exact) mass is 562 g/mol. The highest BCUT2D eigenvalue weighted by atomic mass is 16.5. The van der Waals surface area contributed by atoms with Crippen molar-refractivity contribution < 1.29 is 23.7 Å². The fraction of sp³-hybridized carbons (Fsp3) is 0.273. The smallest absolute Gasteiger partial charge is 0.228 e. The first-order chi connectivity index (χ1) is 20.3. The summed E-state index contributed by atoms with van der Waals surface area (Å²) in [6, 6.07) is 19.8. The van der Waals surface area contributed by atoms with E-state index in [4.69, 9.17) is 23.9 Å². The lowest BCUT2D eigenvalue weighted by atomic mass is 9.70. The van der Waals surface area contributed by atoms with Gasteiger partial charge in [0.1, 0.15) is 24.4 Å². The fourth-order valence-corrected chi connectivity index (χ4v) is 6.02. The molecule has 7 rings (SSSR count). The Labute approximate surface area is 242 Å². The number of allylic oxidation sites excluding steroid dienone is 2. The van der Waals surface area contributed by atoms with Gasteiger partial charge in [0.2, 0.25) is 5.88 Å². The van der Waals surface area contributed by atoms with Crippen LogP contribution in [0, 0.1) is 5.41 Å². The maximum absolute atomic E-state index is 13.7. The van der Waals surface area contributed by atoms with Crippen molar-refractivity contribution in [2.24, 2.45) is 5.41 Å². The van der Waals surface area contributed by atoms with E-state index in [-0.39, 0.29) is 17.8 Å². The van der Waals surface area contributed by atoms with Crippen molar-refractivity contribution >= 4 is 22.2 Å². The molecule has 0 spiro atoms. The number of benzene rings is 3. The number of methoxy groups -OCH3 is 2. The van der Waals surface area contributed by atoms with Crippen molar-refractivity contribution in [1.29, 1.82) is 0 Å². The minimum absolute atomic E-state index is 0.0491. The van der Waals surface area contributed by atoms with Crippen LogP contribution in [0.1, 0.15) is 49.6 Å². The van der Waals surface area contributed by atoms with E-state index in [0.717, 1.165) is 22.1 Å². The lowest BCUT2D eigenvalue weighted by Crippen LogP contribution is -2.33. The molecule has 0 saturated carbocycles. The third-order valence-corrected chi connectivity index (χ3v) is 7.94. The lowest BCUT2D eigenvalue weighted by Gasteiger charge is -2.37.